The molecule has 2 unspecified atom stereocenters. The van der Waals surface area contributed by atoms with Crippen molar-refractivity contribution in [2.45, 2.75) is 44.7 Å². The summed E-state index contributed by atoms with van der Waals surface area (Å²) in [5.41, 5.74) is 7.31. The molecule has 1 fully saturated rings. The third-order valence-corrected chi connectivity index (χ3v) is 4.48. The van der Waals surface area contributed by atoms with Crippen LogP contribution in [0.2, 0.25) is 0 Å². The molecule has 1 aromatic rings. The summed E-state index contributed by atoms with van der Waals surface area (Å²) in [4.78, 5) is 2.60. The number of benzene rings is 1. The SMILES string of the molecule is CC(Cc1ccc(Br)cc1)N1CCCCC1CN. The number of nitrogens with two attached hydrogens (primary N) is 1. The lowest BCUT2D eigenvalue weighted by molar-refractivity contribution is 0.107. The fourth-order valence-electron chi connectivity index (χ4n) is 2.94. The molecule has 1 aliphatic heterocycles. The van der Waals surface area contributed by atoms with E-state index in [9.17, 15) is 0 Å². The molecule has 2 nitrogen and oxygen atoms in total. The van der Waals surface area contributed by atoms with E-state index < -0.39 is 0 Å². The Kier molecular flexibility index (Phi) is 5.22. The Hall–Kier alpha value is -0.380. The molecular weight excluding hydrogens is 288 g/mol. The number of piperidine rings is 1. The van der Waals surface area contributed by atoms with Crippen molar-refractivity contribution in [2.75, 3.05) is 13.1 Å². The van der Waals surface area contributed by atoms with Crippen molar-refractivity contribution in [1.29, 1.82) is 0 Å². The number of hydrogen-bond donors (Lipinski definition) is 1. The van der Waals surface area contributed by atoms with Gasteiger partial charge in [0.05, 0.1) is 0 Å². The van der Waals surface area contributed by atoms with Crippen LogP contribution >= 0.6 is 15.9 Å². The van der Waals surface area contributed by atoms with Crippen molar-refractivity contribution in [3.05, 3.63) is 34.3 Å². The second-order valence-corrected chi connectivity index (χ2v) is 6.22. The molecule has 0 radical (unpaired) electrons. The minimum atomic E-state index is 0.583. The first kappa shape index (κ1) is 14.0. The quantitative estimate of drug-likeness (QED) is 0.925. The van der Waals surface area contributed by atoms with E-state index in [0.29, 0.717) is 12.1 Å². The normalized spacial score (nSPS) is 22.9. The fourth-order valence-corrected chi connectivity index (χ4v) is 3.20. The molecule has 0 saturated carbocycles. The van der Waals surface area contributed by atoms with Gasteiger partial charge in [-0.1, -0.05) is 34.5 Å². The molecule has 0 spiro atoms. The van der Waals surface area contributed by atoms with Gasteiger partial charge in [0.1, 0.15) is 0 Å². The number of likely N-dealkylation sites (tertiary alicyclic amines) is 1. The lowest BCUT2D eigenvalue weighted by Gasteiger charge is -2.39. The third kappa shape index (κ3) is 3.56. The van der Waals surface area contributed by atoms with Crippen LogP contribution in [0.1, 0.15) is 31.7 Å². The largest absolute Gasteiger partial charge is 0.329 e. The van der Waals surface area contributed by atoms with Crippen molar-refractivity contribution >= 4 is 15.9 Å². The highest BCUT2D eigenvalue weighted by atomic mass is 79.9. The first-order valence-electron chi connectivity index (χ1n) is 6.91. The molecule has 100 valence electrons. The molecule has 2 atom stereocenters. The van der Waals surface area contributed by atoms with Crippen LogP contribution in [0.4, 0.5) is 0 Å². The summed E-state index contributed by atoms with van der Waals surface area (Å²) < 4.78 is 1.15. The molecule has 0 bridgehead atoms. The van der Waals surface area contributed by atoms with Crippen molar-refractivity contribution in [2.24, 2.45) is 5.73 Å². The summed E-state index contributed by atoms with van der Waals surface area (Å²) in [5, 5.41) is 0. The van der Waals surface area contributed by atoms with Crippen molar-refractivity contribution in [3.8, 4) is 0 Å². The second kappa shape index (κ2) is 6.69. The Morgan fingerprint density at radius 3 is 2.72 bits per heavy atom. The van der Waals surface area contributed by atoms with Crippen molar-refractivity contribution in [1.82, 2.24) is 4.90 Å². The molecular formula is C15H23BrN2. The number of rotatable bonds is 4. The highest BCUT2D eigenvalue weighted by Crippen LogP contribution is 2.21. The first-order valence-corrected chi connectivity index (χ1v) is 7.70. The highest BCUT2D eigenvalue weighted by molar-refractivity contribution is 9.10. The van der Waals surface area contributed by atoms with E-state index in [-0.39, 0.29) is 0 Å². The lowest BCUT2D eigenvalue weighted by atomic mass is 9.97. The summed E-state index contributed by atoms with van der Waals surface area (Å²) in [6.07, 6.45) is 5.04. The van der Waals surface area contributed by atoms with Gasteiger partial charge >= 0.3 is 0 Å². The van der Waals surface area contributed by atoms with E-state index in [1.54, 1.807) is 0 Å². The molecule has 0 aliphatic carbocycles. The zero-order valence-corrected chi connectivity index (χ0v) is 12.7. The van der Waals surface area contributed by atoms with E-state index >= 15 is 0 Å². The maximum Gasteiger partial charge on any atom is 0.0221 e. The van der Waals surface area contributed by atoms with Gasteiger partial charge in [-0.2, -0.15) is 0 Å². The molecule has 3 heteroatoms. The first-order chi connectivity index (χ1) is 8.70. The number of hydrogen-bond acceptors (Lipinski definition) is 2. The Morgan fingerprint density at radius 1 is 1.33 bits per heavy atom. The molecule has 2 N–H and O–H groups in total. The molecule has 2 rings (SSSR count). The number of halogens is 1. The van der Waals surface area contributed by atoms with E-state index in [1.165, 1.54) is 31.4 Å². The Morgan fingerprint density at radius 2 is 2.06 bits per heavy atom. The summed E-state index contributed by atoms with van der Waals surface area (Å²) in [6, 6.07) is 9.84. The average molecular weight is 311 g/mol. The summed E-state index contributed by atoms with van der Waals surface area (Å²) >= 11 is 3.48. The average Bonchev–Trinajstić information content (AvgIpc) is 2.41. The predicted molar refractivity (Wildman–Crippen MR) is 80.7 cm³/mol. The fraction of sp³-hybridized carbons (Fsp3) is 0.600. The maximum atomic E-state index is 5.90. The van der Waals surface area contributed by atoms with Crippen molar-refractivity contribution in [3.63, 3.8) is 0 Å². The van der Waals surface area contributed by atoms with Gasteiger partial charge in [0.15, 0.2) is 0 Å². The minimum Gasteiger partial charge on any atom is -0.329 e. The molecule has 0 amide bonds. The molecule has 18 heavy (non-hydrogen) atoms. The summed E-state index contributed by atoms with van der Waals surface area (Å²) in [6.45, 7) is 4.33. The molecule has 1 heterocycles. The third-order valence-electron chi connectivity index (χ3n) is 3.96. The van der Waals surface area contributed by atoms with Crippen molar-refractivity contribution < 1.29 is 0 Å². The Labute approximate surface area is 119 Å². The molecule has 1 aromatic carbocycles. The predicted octanol–water partition coefficient (Wildman–Crippen LogP) is 3.19. The zero-order valence-electron chi connectivity index (χ0n) is 11.1. The maximum absolute atomic E-state index is 5.90. The van der Waals surface area contributed by atoms with Crippen LogP contribution in [0, 0.1) is 0 Å². The van der Waals surface area contributed by atoms with Gasteiger partial charge in [0.2, 0.25) is 0 Å². The van der Waals surface area contributed by atoms with Gasteiger partial charge in [-0.05, 0) is 50.4 Å². The monoisotopic (exact) mass is 310 g/mol. The van der Waals surface area contributed by atoms with E-state index in [2.05, 4.69) is 52.0 Å². The smallest absolute Gasteiger partial charge is 0.0221 e. The van der Waals surface area contributed by atoms with Crippen LogP contribution in [0.15, 0.2) is 28.7 Å². The topological polar surface area (TPSA) is 29.3 Å². The standard InChI is InChI=1S/C15H23BrN2/c1-12(10-13-5-7-14(16)8-6-13)18-9-3-2-4-15(18)11-17/h5-8,12,15H,2-4,9-11,17H2,1H3. The summed E-state index contributed by atoms with van der Waals surface area (Å²) in [7, 11) is 0. The van der Waals surface area contributed by atoms with Crippen LogP contribution in [0.25, 0.3) is 0 Å². The zero-order chi connectivity index (χ0) is 13.0. The molecule has 1 saturated heterocycles. The van der Waals surface area contributed by atoms with E-state index in [1.807, 2.05) is 0 Å². The van der Waals surface area contributed by atoms with Gasteiger partial charge in [0, 0.05) is 23.1 Å². The van der Waals surface area contributed by atoms with Gasteiger partial charge in [-0.3, -0.25) is 4.90 Å². The Balaban J connectivity index is 1.97. The van der Waals surface area contributed by atoms with Gasteiger partial charge in [0.25, 0.3) is 0 Å². The Bertz CT molecular complexity index is 363. The van der Waals surface area contributed by atoms with Crippen LogP contribution in [0.5, 0.6) is 0 Å². The van der Waals surface area contributed by atoms with Gasteiger partial charge < -0.3 is 5.73 Å². The van der Waals surface area contributed by atoms with Crippen LogP contribution in [-0.4, -0.2) is 30.1 Å². The highest BCUT2D eigenvalue weighted by Gasteiger charge is 2.25. The van der Waals surface area contributed by atoms with Crippen LogP contribution in [-0.2, 0) is 6.42 Å². The van der Waals surface area contributed by atoms with E-state index in [0.717, 1.165) is 17.4 Å². The lowest BCUT2D eigenvalue weighted by Crippen LogP contribution is -2.49. The van der Waals surface area contributed by atoms with Crippen LogP contribution in [0.3, 0.4) is 0 Å². The van der Waals surface area contributed by atoms with Crippen LogP contribution < -0.4 is 5.73 Å². The van der Waals surface area contributed by atoms with E-state index in [4.69, 9.17) is 5.73 Å². The molecule has 0 aromatic heterocycles. The van der Waals surface area contributed by atoms with Gasteiger partial charge in [-0.25, -0.2) is 0 Å². The minimum absolute atomic E-state index is 0.583. The summed E-state index contributed by atoms with van der Waals surface area (Å²) in [5.74, 6) is 0. The number of nitrogens with zero attached hydrogens (tertiary/aromatic N) is 1. The van der Waals surface area contributed by atoms with Gasteiger partial charge in [-0.15, -0.1) is 0 Å². The second-order valence-electron chi connectivity index (χ2n) is 5.30. The molecule has 1 aliphatic rings.